The van der Waals surface area contributed by atoms with Crippen LogP contribution in [-0.2, 0) is 4.79 Å². The van der Waals surface area contributed by atoms with Gasteiger partial charge in [-0.2, -0.15) is 0 Å². The number of carbonyl (C=O) groups excluding carboxylic acids is 2. The van der Waals surface area contributed by atoms with Gasteiger partial charge in [0.05, 0.1) is 0 Å². The van der Waals surface area contributed by atoms with Crippen LogP contribution < -0.4 is 15.5 Å². The molecule has 6 heteroatoms. The lowest BCUT2D eigenvalue weighted by Gasteiger charge is -2.37. The van der Waals surface area contributed by atoms with Gasteiger partial charge in [-0.05, 0) is 57.9 Å². The first-order valence-corrected chi connectivity index (χ1v) is 9.96. The molecule has 0 spiro atoms. The third kappa shape index (κ3) is 6.15. The zero-order valence-corrected chi connectivity index (χ0v) is 17.3. The van der Waals surface area contributed by atoms with E-state index in [1.165, 1.54) is 0 Å². The number of benzene rings is 1. The number of nitrogens with one attached hydrogen (secondary N) is 2. The van der Waals surface area contributed by atoms with E-state index in [4.69, 9.17) is 0 Å². The van der Waals surface area contributed by atoms with Crippen LogP contribution >= 0.6 is 0 Å². The minimum Gasteiger partial charge on any atom is -0.368 e. The van der Waals surface area contributed by atoms with Crippen LogP contribution in [0.3, 0.4) is 0 Å². The maximum absolute atomic E-state index is 12.5. The Hall–Kier alpha value is -2.24. The quantitative estimate of drug-likeness (QED) is 0.826. The van der Waals surface area contributed by atoms with Crippen molar-refractivity contribution < 1.29 is 9.59 Å². The lowest BCUT2D eigenvalue weighted by atomic mass is 10.0. The van der Waals surface area contributed by atoms with E-state index in [2.05, 4.69) is 29.4 Å². The molecule has 27 heavy (non-hydrogen) atoms. The molecule has 1 aliphatic heterocycles. The second-order valence-corrected chi connectivity index (χ2v) is 8.20. The first-order valence-electron chi connectivity index (χ1n) is 9.96. The van der Waals surface area contributed by atoms with Gasteiger partial charge in [-0.3, -0.25) is 4.79 Å². The van der Waals surface area contributed by atoms with E-state index < -0.39 is 0 Å². The monoisotopic (exact) mass is 374 g/mol. The van der Waals surface area contributed by atoms with Gasteiger partial charge in [0.1, 0.15) is 0 Å². The van der Waals surface area contributed by atoms with E-state index in [0.29, 0.717) is 5.91 Å². The summed E-state index contributed by atoms with van der Waals surface area (Å²) in [6.07, 6.45) is 1.82. The summed E-state index contributed by atoms with van der Waals surface area (Å²) >= 11 is 0. The van der Waals surface area contributed by atoms with Crippen molar-refractivity contribution in [2.24, 2.45) is 5.92 Å². The van der Waals surface area contributed by atoms with Crippen LogP contribution in [0.4, 0.5) is 16.2 Å². The van der Waals surface area contributed by atoms with Crippen molar-refractivity contribution in [3.63, 3.8) is 0 Å². The Morgan fingerprint density at radius 3 is 2.04 bits per heavy atom. The van der Waals surface area contributed by atoms with Crippen molar-refractivity contribution in [2.45, 2.75) is 53.0 Å². The molecule has 2 rings (SSSR count). The lowest BCUT2D eigenvalue weighted by molar-refractivity contribution is -0.136. The molecule has 0 bridgehead atoms. The second kappa shape index (κ2) is 9.11. The maximum atomic E-state index is 12.5. The Labute approximate surface area is 163 Å². The van der Waals surface area contributed by atoms with Crippen LogP contribution in [0.2, 0.25) is 0 Å². The number of hydrogen-bond donors (Lipinski definition) is 2. The third-order valence-corrected chi connectivity index (χ3v) is 4.91. The zero-order chi connectivity index (χ0) is 20.0. The number of carbonyl (C=O) groups is 2. The predicted molar refractivity (Wildman–Crippen MR) is 111 cm³/mol. The SMILES string of the molecule is CCC(CC)C(=O)N1CCN(c2ccc(NC(=O)NC(C)(C)C)cc2)CC1. The number of piperazine rings is 1. The molecular weight excluding hydrogens is 340 g/mol. The van der Waals surface area contributed by atoms with E-state index >= 15 is 0 Å². The molecule has 0 saturated carbocycles. The van der Waals surface area contributed by atoms with Gasteiger partial charge in [0.2, 0.25) is 5.91 Å². The lowest BCUT2D eigenvalue weighted by Crippen LogP contribution is -2.50. The minimum absolute atomic E-state index is 0.154. The van der Waals surface area contributed by atoms with Crippen LogP contribution in [0.5, 0.6) is 0 Å². The fraction of sp³-hybridized carbons (Fsp3) is 0.619. The normalized spacial score (nSPS) is 15.0. The molecular formula is C21H34N4O2. The van der Waals surface area contributed by atoms with Gasteiger partial charge in [0.15, 0.2) is 0 Å². The molecule has 0 radical (unpaired) electrons. The molecule has 1 aromatic rings. The molecule has 150 valence electrons. The van der Waals surface area contributed by atoms with Crippen LogP contribution in [0.25, 0.3) is 0 Å². The summed E-state index contributed by atoms with van der Waals surface area (Å²) in [6.45, 7) is 13.2. The standard InChI is InChI=1S/C21H34N4O2/c1-6-16(7-2)19(26)25-14-12-24(13-15-25)18-10-8-17(9-11-18)22-20(27)23-21(3,4)5/h8-11,16H,6-7,12-15H2,1-5H3,(H2,22,23,27). The average molecular weight is 375 g/mol. The minimum atomic E-state index is -0.268. The van der Waals surface area contributed by atoms with Gasteiger partial charge < -0.3 is 20.4 Å². The van der Waals surface area contributed by atoms with Crippen LogP contribution in [0.15, 0.2) is 24.3 Å². The summed E-state index contributed by atoms with van der Waals surface area (Å²) in [6, 6.07) is 7.66. The largest absolute Gasteiger partial charge is 0.368 e. The molecule has 1 fully saturated rings. The Kier molecular flexibility index (Phi) is 7.11. The highest BCUT2D eigenvalue weighted by Crippen LogP contribution is 2.21. The van der Waals surface area contributed by atoms with Crippen molar-refractivity contribution >= 4 is 23.3 Å². The molecule has 0 unspecified atom stereocenters. The van der Waals surface area contributed by atoms with Gasteiger partial charge in [-0.1, -0.05) is 13.8 Å². The number of nitrogens with zero attached hydrogens (tertiary/aromatic N) is 2. The predicted octanol–water partition coefficient (Wildman–Crippen LogP) is 3.69. The number of hydrogen-bond acceptors (Lipinski definition) is 3. The fourth-order valence-corrected chi connectivity index (χ4v) is 3.34. The van der Waals surface area contributed by atoms with Gasteiger partial charge in [-0.15, -0.1) is 0 Å². The van der Waals surface area contributed by atoms with E-state index in [9.17, 15) is 9.59 Å². The molecule has 0 aliphatic carbocycles. The van der Waals surface area contributed by atoms with Gasteiger partial charge in [0.25, 0.3) is 0 Å². The van der Waals surface area contributed by atoms with Crippen molar-refractivity contribution in [2.75, 3.05) is 36.4 Å². The number of urea groups is 1. The molecule has 1 aliphatic rings. The molecule has 1 aromatic carbocycles. The van der Waals surface area contributed by atoms with E-state index in [0.717, 1.165) is 50.4 Å². The summed E-state index contributed by atoms with van der Waals surface area (Å²) in [5, 5.41) is 5.74. The highest BCUT2D eigenvalue weighted by Gasteiger charge is 2.25. The highest BCUT2D eigenvalue weighted by atomic mass is 16.2. The topological polar surface area (TPSA) is 64.7 Å². The summed E-state index contributed by atoms with van der Waals surface area (Å²) in [7, 11) is 0. The molecule has 1 heterocycles. The average Bonchev–Trinajstić information content (AvgIpc) is 2.62. The summed E-state index contributed by atoms with van der Waals surface area (Å²) in [4.78, 5) is 28.7. The first kappa shape index (κ1) is 21.1. The zero-order valence-electron chi connectivity index (χ0n) is 17.3. The van der Waals surface area contributed by atoms with Crippen molar-refractivity contribution in [3.8, 4) is 0 Å². The number of amides is 3. The van der Waals surface area contributed by atoms with Crippen LogP contribution in [0, 0.1) is 5.92 Å². The first-order chi connectivity index (χ1) is 12.7. The maximum Gasteiger partial charge on any atom is 0.319 e. The third-order valence-electron chi connectivity index (χ3n) is 4.91. The van der Waals surface area contributed by atoms with E-state index in [1.807, 2.05) is 49.9 Å². The highest BCUT2D eigenvalue weighted by molar-refractivity contribution is 5.89. The Morgan fingerprint density at radius 1 is 1.00 bits per heavy atom. The van der Waals surface area contributed by atoms with E-state index in [1.54, 1.807) is 0 Å². The van der Waals surface area contributed by atoms with Gasteiger partial charge >= 0.3 is 6.03 Å². The Bertz CT molecular complexity index is 625. The molecule has 0 atom stereocenters. The van der Waals surface area contributed by atoms with Gasteiger partial charge in [0, 0.05) is 49.0 Å². The molecule has 3 amide bonds. The summed E-state index contributed by atoms with van der Waals surface area (Å²) in [5.41, 5.74) is 1.62. The van der Waals surface area contributed by atoms with Crippen molar-refractivity contribution in [1.82, 2.24) is 10.2 Å². The number of rotatable bonds is 5. The van der Waals surface area contributed by atoms with E-state index in [-0.39, 0.29) is 17.5 Å². The molecule has 0 aromatic heterocycles. The van der Waals surface area contributed by atoms with Crippen molar-refractivity contribution in [1.29, 1.82) is 0 Å². The van der Waals surface area contributed by atoms with Gasteiger partial charge in [-0.25, -0.2) is 4.79 Å². The molecule has 2 N–H and O–H groups in total. The Morgan fingerprint density at radius 2 is 1.56 bits per heavy atom. The Balaban J connectivity index is 1.88. The van der Waals surface area contributed by atoms with Crippen LogP contribution in [-0.4, -0.2) is 48.6 Å². The fourth-order valence-electron chi connectivity index (χ4n) is 3.34. The molecule has 1 saturated heterocycles. The smallest absolute Gasteiger partial charge is 0.319 e. The second-order valence-electron chi connectivity index (χ2n) is 8.20. The summed E-state index contributed by atoms with van der Waals surface area (Å²) < 4.78 is 0. The van der Waals surface area contributed by atoms with Crippen LogP contribution in [0.1, 0.15) is 47.5 Å². The summed E-state index contributed by atoms with van der Waals surface area (Å²) in [5.74, 6) is 0.449. The van der Waals surface area contributed by atoms with Crippen molar-refractivity contribution in [3.05, 3.63) is 24.3 Å². The number of anilines is 2. The molecule has 6 nitrogen and oxygen atoms in total.